The molecule has 1 aliphatic carbocycles. The Kier molecular flexibility index (Phi) is 6.85. The van der Waals surface area contributed by atoms with Crippen molar-refractivity contribution in [1.82, 2.24) is 4.90 Å². The van der Waals surface area contributed by atoms with E-state index in [9.17, 15) is 14.0 Å². The summed E-state index contributed by atoms with van der Waals surface area (Å²) in [6.45, 7) is 2.81. The van der Waals surface area contributed by atoms with Gasteiger partial charge in [-0.1, -0.05) is 25.3 Å². The zero-order valence-electron chi connectivity index (χ0n) is 17.9. The summed E-state index contributed by atoms with van der Waals surface area (Å²) in [4.78, 5) is 29.7. The van der Waals surface area contributed by atoms with Crippen LogP contribution in [0.15, 0.2) is 48.5 Å². The van der Waals surface area contributed by atoms with Gasteiger partial charge in [-0.2, -0.15) is 0 Å². The molecule has 2 aromatic carbocycles. The highest BCUT2D eigenvalue weighted by atomic mass is 19.1. The lowest BCUT2D eigenvalue weighted by Crippen LogP contribution is -2.35. The Bertz CT molecular complexity index is 909. The molecule has 0 aromatic heterocycles. The van der Waals surface area contributed by atoms with E-state index in [2.05, 4.69) is 10.2 Å². The van der Waals surface area contributed by atoms with Gasteiger partial charge in [-0.15, -0.1) is 0 Å². The van der Waals surface area contributed by atoms with Gasteiger partial charge < -0.3 is 15.1 Å². The molecular weight excluding hydrogens is 393 g/mol. The standard InChI is InChI=1S/C25H30FN3O2/c26-21-10-12-23(13-11-21)28-14-5-15-29(17-16-28)25(31)20-8-4-9-22(18-20)27-24(30)19-6-2-1-3-7-19/h4,8-13,18-19H,1-3,5-7,14-17H2,(H,27,30). The van der Waals surface area contributed by atoms with Crippen molar-refractivity contribution in [1.29, 1.82) is 0 Å². The first kappa shape index (κ1) is 21.3. The molecule has 5 nitrogen and oxygen atoms in total. The Hall–Kier alpha value is -2.89. The van der Waals surface area contributed by atoms with Crippen LogP contribution in [0.3, 0.4) is 0 Å². The zero-order valence-corrected chi connectivity index (χ0v) is 17.9. The lowest BCUT2D eigenvalue weighted by atomic mass is 9.88. The van der Waals surface area contributed by atoms with Crippen LogP contribution in [-0.2, 0) is 4.79 Å². The summed E-state index contributed by atoms with van der Waals surface area (Å²) >= 11 is 0. The third-order valence-electron chi connectivity index (χ3n) is 6.33. The van der Waals surface area contributed by atoms with Crippen LogP contribution in [0.1, 0.15) is 48.9 Å². The van der Waals surface area contributed by atoms with Gasteiger partial charge in [0.05, 0.1) is 0 Å². The molecule has 0 radical (unpaired) electrons. The van der Waals surface area contributed by atoms with Crippen LogP contribution in [0.5, 0.6) is 0 Å². The van der Waals surface area contributed by atoms with Crippen molar-refractivity contribution in [3.05, 3.63) is 59.9 Å². The van der Waals surface area contributed by atoms with E-state index < -0.39 is 0 Å². The van der Waals surface area contributed by atoms with Crippen molar-refractivity contribution in [3.63, 3.8) is 0 Å². The molecule has 1 aliphatic heterocycles. The van der Waals surface area contributed by atoms with E-state index in [1.54, 1.807) is 24.3 Å². The molecule has 4 rings (SSSR count). The number of hydrogen-bond acceptors (Lipinski definition) is 3. The number of amides is 2. The molecular formula is C25H30FN3O2. The Morgan fingerprint density at radius 3 is 2.42 bits per heavy atom. The van der Waals surface area contributed by atoms with Gasteiger partial charge in [0.25, 0.3) is 5.91 Å². The van der Waals surface area contributed by atoms with Gasteiger partial charge in [-0.05, 0) is 61.7 Å². The first-order valence-electron chi connectivity index (χ1n) is 11.3. The predicted molar refractivity (Wildman–Crippen MR) is 121 cm³/mol. The SMILES string of the molecule is O=C(Nc1cccc(C(=O)N2CCCN(c3ccc(F)cc3)CC2)c1)C1CCCCC1. The van der Waals surface area contributed by atoms with Gasteiger partial charge in [0.15, 0.2) is 0 Å². The van der Waals surface area contributed by atoms with Gasteiger partial charge in [-0.3, -0.25) is 9.59 Å². The second-order valence-electron chi connectivity index (χ2n) is 8.51. The van der Waals surface area contributed by atoms with E-state index in [1.165, 1.54) is 18.6 Å². The van der Waals surface area contributed by atoms with Crippen LogP contribution in [-0.4, -0.2) is 42.9 Å². The molecule has 2 aromatic rings. The fourth-order valence-electron chi connectivity index (χ4n) is 4.55. The van der Waals surface area contributed by atoms with Crippen LogP contribution >= 0.6 is 0 Å². The zero-order chi connectivity index (χ0) is 21.6. The van der Waals surface area contributed by atoms with Crippen LogP contribution < -0.4 is 10.2 Å². The van der Waals surface area contributed by atoms with Crippen LogP contribution in [0.25, 0.3) is 0 Å². The van der Waals surface area contributed by atoms with E-state index in [0.29, 0.717) is 30.9 Å². The highest BCUT2D eigenvalue weighted by molar-refractivity contribution is 5.97. The number of carbonyl (C=O) groups is 2. The molecule has 1 heterocycles. The summed E-state index contributed by atoms with van der Waals surface area (Å²) in [5, 5.41) is 3.01. The molecule has 0 bridgehead atoms. The van der Waals surface area contributed by atoms with Crippen molar-refractivity contribution in [2.75, 3.05) is 36.4 Å². The number of halogens is 1. The summed E-state index contributed by atoms with van der Waals surface area (Å²) in [6, 6.07) is 13.8. The minimum absolute atomic E-state index is 0.0188. The molecule has 2 aliphatic rings. The van der Waals surface area contributed by atoms with Gasteiger partial charge in [0.2, 0.25) is 5.91 Å². The third kappa shape index (κ3) is 5.43. The summed E-state index contributed by atoms with van der Waals surface area (Å²) in [6.07, 6.45) is 6.18. The average molecular weight is 424 g/mol. The number of nitrogens with zero attached hydrogens (tertiary/aromatic N) is 2. The molecule has 0 unspecified atom stereocenters. The van der Waals surface area contributed by atoms with Gasteiger partial charge >= 0.3 is 0 Å². The van der Waals surface area contributed by atoms with Crippen LogP contribution in [0.4, 0.5) is 15.8 Å². The van der Waals surface area contributed by atoms with Crippen LogP contribution in [0.2, 0.25) is 0 Å². The maximum Gasteiger partial charge on any atom is 0.253 e. The minimum Gasteiger partial charge on any atom is -0.370 e. The molecule has 1 N–H and O–H groups in total. The molecule has 31 heavy (non-hydrogen) atoms. The predicted octanol–water partition coefficient (Wildman–Crippen LogP) is 4.70. The first-order chi connectivity index (χ1) is 15.1. The molecule has 2 amide bonds. The van der Waals surface area contributed by atoms with E-state index in [1.807, 2.05) is 17.0 Å². The quantitative estimate of drug-likeness (QED) is 0.776. The minimum atomic E-state index is -0.245. The second kappa shape index (κ2) is 9.94. The van der Waals surface area contributed by atoms with Crippen molar-refractivity contribution in [2.45, 2.75) is 38.5 Å². The monoisotopic (exact) mass is 423 g/mol. The molecule has 1 saturated heterocycles. The van der Waals surface area contributed by atoms with E-state index >= 15 is 0 Å². The highest BCUT2D eigenvalue weighted by Crippen LogP contribution is 2.25. The number of carbonyl (C=O) groups excluding carboxylic acids is 2. The Balaban J connectivity index is 1.38. The fraction of sp³-hybridized carbons (Fsp3) is 0.440. The molecule has 164 valence electrons. The molecule has 6 heteroatoms. The summed E-state index contributed by atoms with van der Waals surface area (Å²) in [5.41, 5.74) is 2.25. The van der Waals surface area contributed by atoms with Gasteiger partial charge in [0.1, 0.15) is 5.82 Å². The number of hydrogen-bond donors (Lipinski definition) is 1. The first-order valence-corrected chi connectivity index (χ1v) is 11.3. The third-order valence-corrected chi connectivity index (χ3v) is 6.33. The van der Waals surface area contributed by atoms with E-state index in [0.717, 1.165) is 44.3 Å². The number of nitrogens with one attached hydrogen (secondary N) is 1. The maximum atomic E-state index is 13.2. The Morgan fingerprint density at radius 1 is 0.871 bits per heavy atom. The highest BCUT2D eigenvalue weighted by Gasteiger charge is 2.23. The molecule has 0 atom stereocenters. The van der Waals surface area contributed by atoms with Crippen LogP contribution in [0, 0.1) is 11.7 Å². The van der Waals surface area contributed by atoms with Crippen molar-refractivity contribution in [2.24, 2.45) is 5.92 Å². The lowest BCUT2D eigenvalue weighted by molar-refractivity contribution is -0.120. The number of anilines is 2. The fourth-order valence-corrected chi connectivity index (χ4v) is 4.55. The number of benzene rings is 2. The smallest absolute Gasteiger partial charge is 0.253 e. The van der Waals surface area contributed by atoms with Gasteiger partial charge in [0, 0.05) is 49.0 Å². The largest absolute Gasteiger partial charge is 0.370 e. The summed E-state index contributed by atoms with van der Waals surface area (Å²) in [7, 11) is 0. The molecule has 2 fully saturated rings. The van der Waals surface area contributed by atoms with Crippen molar-refractivity contribution < 1.29 is 14.0 Å². The Labute approximate surface area is 183 Å². The maximum absolute atomic E-state index is 13.2. The summed E-state index contributed by atoms with van der Waals surface area (Å²) < 4.78 is 13.2. The average Bonchev–Trinajstić information content (AvgIpc) is 3.06. The van der Waals surface area contributed by atoms with Crippen molar-refractivity contribution in [3.8, 4) is 0 Å². The topological polar surface area (TPSA) is 52.7 Å². The van der Waals surface area contributed by atoms with E-state index in [-0.39, 0.29) is 23.5 Å². The van der Waals surface area contributed by atoms with E-state index in [4.69, 9.17) is 0 Å². The summed E-state index contributed by atoms with van der Waals surface area (Å²) in [5.74, 6) is -0.120. The lowest BCUT2D eigenvalue weighted by Gasteiger charge is -2.24. The second-order valence-corrected chi connectivity index (χ2v) is 8.51. The molecule has 1 saturated carbocycles. The van der Waals surface area contributed by atoms with Crippen molar-refractivity contribution >= 4 is 23.2 Å². The Morgan fingerprint density at radius 2 is 1.65 bits per heavy atom. The molecule has 0 spiro atoms. The van der Waals surface area contributed by atoms with Gasteiger partial charge in [-0.25, -0.2) is 4.39 Å². The normalized spacial score (nSPS) is 17.8. The number of rotatable bonds is 4.